The minimum absolute atomic E-state index is 0.0282. The third-order valence-electron chi connectivity index (χ3n) is 5.51. The summed E-state index contributed by atoms with van der Waals surface area (Å²) >= 11 is 0. The summed E-state index contributed by atoms with van der Waals surface area (Å²) in [6.07, 6.45) is 6.03. The first-order valence-corrected chi connectivity index (χ1v) is 14.3. The second-order valence-electron chi connectivity index (χ2n) is 8.63. The van der Waals surface area contributed by atoms with Gasteiger partial charge in [-0.05, 0) is 55.7 Å². The molecule has 5 rings (SSSR count). The summed E-state index contributed by atoms with van der Waals surface area (Å²) in [7, 11) is -2.84. The zero-order valence-corrected chi connectivity index (χ0v) is 24.4. The normalized spacial score (nSPS) is 11.4. The van der Waals surface area contributed by atoms with E-state index in [0.717, 1.165) is 5.56 Å². The molecule has 4 aromatic heterocycles. The number of para-hydroxylation sites is 2. The zero-order chi connectivity index (χ0) is 30.9. The summed E-state index contributed by atoms with van der Waals surface area (Å²) in [5, 5.41) is -0.260. The van der Waals surface area contributed by atoms with Crippen LogP contribution in [0.3, 0.4) is 0 Å². The molecule has 1 unspecified atom stereocenters. The van der Waals surface area contributed by atoms with Crippen LogP contribution in [0, 0.1) is 18.8 Å². The second-order valence-corrected chi connectivity index (χ2v) is 10.3. The molecule has 1 atom stereocenters. The van der Waals surface area contributed by atoms with Crippen LogP contribution in [0.4, 0.5) is 5.82 Å². The van der Waals surface area contributed by atoms with Crippen molar-refractivity contribution in [2.75, 3.05) is 11.8 Å². The van der Waals surface area contributed by atoms with Crippen LogP contribution in [0.15, 0.2) is 84.5 Å². The van der Waals surface area contributed by atoms with Crippen molar-refractivity contribution in [3.8, 4) is 52.6 Å². The van der Waals surface area contributed by atoms with Crippen molar-refractivity contribution in [3.05, 3.63) is 85.1 Å². The summed E-state index contributed by atoms with van der Waals surface area (Å²) in [6, 6.07) is 12.9. The number of rotatable bonds is 11. The van der Waals surface area contributed by atoms with E-state index in [0.29, 0.717) is 5.75 Å². The number of hydrogen-bond donors (Lipinski definition) is 1. The van der Waals surface area contributed by atoms with Gasteiger partial charge in [-0.3, -0.25) is 4.72 Å². The number of ether oxygens (including phenoxy) is 4. The van der Waals surface area contributed by atoms with E-state index in [1.165, 1.54) is 44.2 Å². The van der Waals surface area contributed by atoms with E-state index in [9.17, 15) is 8.42 Å². The van der Waals surface area contributed by atoms with Crippen molar-refractivity contribution < 1.29 is 27.4 Å². The number of nitrogens with zero attached hydrogens (tertiary/aromatic N) is 7. The highest BCUT2D eigenvalue weighted by atomic mass is 32.2. The molecule has 0 saturated carbocycles. The maximum atomic E-state index is 13.5. The Kier molecular flexibility index (Phi) is 9.02. The molecule has 5 aromatic rings. The molecule has 0 amide bonds. The fourth-order valence-electron chi connectivity index (χ4n) is 3.54. The van der Waals surface area contributed by atoms with E-state index in [1.54, 1.807) is 56.3 Å². The Hall–Kier alpha value is -5.88. The van der Waals surface area contributed by atoms with E-state index >= 15 is 0 Å². The maximum absolute atomic E-state index is 13.5. The molecule has 0 aliphatic heterocycles. The average Bonchev–Trinajstić information content (AvgIpc) is 3.03. The topological polar surface area (TPSA) is 173 Å². The number of nitrogens with one attached hydrogen (secondary N) is 1. The number of benzene rings is 1. The molecule has 0 aliphatic carbocycles. The number of anilines is 1. The van der Waals surface area contributed by atoms with Gasteiger partial charge in [0.05, 0.1) is 7.11 Å². The predicted molar refractivity (Wildman–Crippen MR) is 156 cm³/mol. The van der Waals surface area contributed by atoms with Gasteiger partial charge in [-0.1, -0.05) is 24.1 Å². The van der Waals surface area contributed by atoms with Crippen LogP contribution in [0.5, 0.6) is 29.1 Å². The van der Waals surface area contributed by atoms with E-state index in [2.05, 4.69) is 51.5 Å². The maximum Gasteiger partial charge on any atom is 0.320 e. The van der Waals surface area contributed by atoms with E-state index < -0.39 is 16.3 Å². The molecule has 15 heteroatoms. The number of pyridine rings is 1. The Morgan fingerprint density at radius 2 is 1.52 bits per heavy atom. The molecule has 1 N–H and O–H groups in total. The molecular weight excluding hydrogens is 588 g/mol. The van der Waals surface area contributed by atoms with Crippen LogP contribution in [-0.4, -0.2) is 56.7 Å². The first-order valence-electron chi connectivity index (χ1n) is 12.8. The Bertz CT molecular complexity index is 1900. The van der Waals surface area contributed by atoms with E-state index in [-0.39, 0.29) is 45.9 Å². The molecule has 0 bridgehead atoms. The third-order valence-corrected chi connectivity index (χ3v) is 6.76. The summed E-state index contributed by atoms with van der Waals surface area (Å²) < 4.78 is 52.9. The highest BCUT2D eigenvalue weighted by molar-refractivity contribution is 7.92. The zero-order valence-electron chi connectivity index (χ0n) is 23.6. The molecule has 222 valence electrons. The highest BCUT2D eigenvalue weighted by Crippen LogP contribution is 2.41. The van der Waals surface area contributed by atoms with Gasteiger partial charge in [0.15, 0.2) is 28.2 Å². The largest absolute Gasteiger partial charge is 0.493 e. The molecule has 0 spiro atoms. The molecule has 14 nitrogen and oxygen atoms in total. The van der Waals surface area contributed by atoms with Gasteiger partial charge in [0.2, 0.25) is 11.6 Å². The van der Waals surface area contributed by atoms with Crippen molar-refractivity contribution >= 4 is 15.8 Å². The summed E-state index contributed by atoms with van der Waals surface area (Å²) in [5.41, 5.74) is 0.774. The Balaban J connectivity index is 1.68. The van der Waals surface area contributed by atoms with Crippen molar-refractivity contribution in [2.45, 2.75) is 25.2 Å². The third kappa shape index (κ3) is 7.12. The molecule has 44 heavy (non-hydrogen) atoms. The lowest BCUT2D eigenvalue weighted by atomic mass is 10.3. The number of aromatic nitrogens is 7. The van der Waals surface area contributed by atoms with Gasteiger partial charge in [-0.2, -0.15) is 13.4 Å². The van der Waals surface area contributed by atoms with Crippen molar-refractivity contribution in [1.82, 2.24) is 34.9 Å². The number of hydrogen-bond acceptors (Lipinski definition) is 13. The molecule has 0 fully saturated rings. The molecule has 1 aromatic carbocycles. The minimum Gasteiger partial charge on any atom is -0.493 e. The quantitative estimate of drug-likeness (QED) is 0.168. The van der Waals surface area contributed by atoms with Crippen LogP contribution in [0.25, 0.3) is 11.6 Å². The van der Waals surface area contributed by atoms with Crippen LogP contribution >= 0.6 is 0 Å². The van der Waals surface area contributed by atoms with Crippen LogP contribution < -0.4 is 23.7 Å². The lowest BCUT2D eigenvalue weighted by Crippen LogP contribution is -2.24. The second kappa shape index (κ2) is 13.4. The fourth-order valence-corrected chi connectivity index (χ4v) is 4.47. The molecule has 4 heterocycles. The monoisotopic (exact) mass is 612 g/mol. The van der Waals surface area contributed by atoms with Crippen LogP contribution in [0.2, 0.25) is 0 Å². The molecule has 0 aliphatic rings. The van der Waals surface area contributed by atoms with Gasteiger partial charge in [-0.25, -0.2) is 29.9 Å². The molecule has 0 saturated heterocycles. The summed E-state index contributed by atoms with van der Waals surface area (Å²) in [6.45, 7) is 3.36. The lowest BCUT2D eigenvalue weighted by Gasteiger charge is -2.20. The van der Waals surface area contributed by atoms with Gasteiger partial charge < -0.3 is 18.9 Å². The lowest BCUT2D eigenvalue weighted by molar-refractivity contribution is 0.0413. The predicted octanol–water partition coefficient (Wildman–Crippen LogP) is 3.84. The molecule has 0 radical (unpaired) electrons. The Morgan fingerprint density at radius 3 is 2.18 bits per heavy atom. The first-order chi connectivity index (χ1) is 21.4. The SMILES string of the molecule is CC#CC(Oc1ncccn1)Oc1nc(-c2ncccn2)nc(NS(=O)(=O)c2ccc(C)cn2)c1Oc1ccccc1OC. The summed E-state index contributed by atoms with van der Waals surface area (Å²) in [5.74, 6) is 5.15. The Labute approximate surface area is 252 Å². The van der Waals surface area contributed by atoms with Crippen LogP contribution in [-0.2, 0) is 10.0 Å². The summed E-state index contributed by atoms with van der Waals surface area (Å²) in [4.78, 5) is 29.4. The van der Waals surface area contributed by atoms with Gasteiger partial charge in [0.1, 0.15) is 0 Å². The smallest absolute Gasteiger partial charge is 0.320 e. The Morgan fingerprint density at radius 1 is 0.818 bits per heavy atom. The highest BCUT2D eigenvalue weighted by Gasteiger charge is 2.28. The minimum atomic E-state index is -4.30. The van der Waals surface area contributed by atoms with Gasteiger partial charge in [0.25, 0.3) is 15.9 Å². The average molecular weight is 613 g/mol. The first kappa shape index (κ1) is 29.6. The van der Waals surface area contributed by atoms with Gasteiger partial charge in [0, 0.05) is 31.0 Å². The van der Waals surface area contributed by atoms with Gasteiger partial charge in [-0.15, -0.1) is 0 Å². The number of sulfonamides is 1. The number of aryl methyl sites for hydroxylation is 1. The van der Waals surface area contributed by atoms with Crippen molar-refractivity contribution in [3.63, 3.8) is 0 Å². The van der Waals surface area contributed by atoms with E-state index in [4.69, 9.17) is 18.9 Å². The van der Waals surface area contributed by atoms with Crippen LogP contribution in [0.1, 0.15) is 12.5 Å². The van der Waals surface area contributed by atoms with E-state index in [1.807, 2.05) is 0 Å². The van der Waals surface area contributed by atoms with Gasteiger partial charge >= 0.3 is 12.3 Å². The van der Waals surface area contributed by atoms with Crippen molar-refractivity contribution in [1.29, 1.82) is 0 Å². The van der Waals surface area contributed by atoms with Crippen molar-refractivity contribution in [2.24, 2.45) is 0 Å². The number of methoxy groups -OCH3 is 1. The fraction of sp³-hybridized carbons (Fsp3) is 0.138. The standard InChI is InChI=1S/C29H24N8O6S/c1-4-9-23(43-29-32-16-8-17-33-29)42-28-24(41-21-11-6-5-10-20(21)40-3)25(35-27(36-28)26-30-14-7-15-31-26)37-44(38,39)22-13-12-19(2)18-34-22/h5-8,10-18,23H,1-3H3,(H,35,36,37). The molecular formula is C29H24N8O6S.